The average molecular weight is 190 g/mol. The van der Waals surface area contributed by atoms with Crippen molar-refractivity contribution in [2.24, 2.45) is 5.73 Å². The van der Waals surface area contributed by atoms with Gasteiger partial charge in [-0.15, -0.1) is 0 Å². The number of rotatable bonds is 4. The van der Waals surface area contributed by atoms with E-state index < -0.39 is 18.1 Å². The SMILES string of the molecule is CC(C)N(CC(O)C(=O)O)C(N)=O. The van der Waals surface area contributed by atoms with Crippen molar-refractivity contribution in [3.63, 3.8) is 0 Å². The Hall–Kier alpha value is -1.30. The predicted octanol–water partition coefficient (Wildman–Crippen LogP) is -0.779. The molecule has 1 atom stereocenters. The van der Waals surface area contributed by atoms with E-state index in [1.165, 1.54) is 0 Å². The van der Waals surface area contributed by atoms with Crippen molar-refractivity contribution in [1.29, 1.82) is 0 Å². The molecule has 2 amide bonds. The number of primary amides is 1. The number of aliphatic hydroxyl groups is 1. The van der Waals surface area contributed by atoms with Crippen molar-refractivity contribution in [2.45, 2.75) is 26.0 Å². The lowest BCUT2D eigenvalue weighted by Gasteiger charge is -2.25. The molecule has 4 N–H and O–H groups in total. The summed E-state index contributed by atoms with van der Waals surface area (Å²) in [4.78, 5) is 22.1. The zero-order chi connectivity index (χ0) is 10.6. The third-order valence-electron chi connectivity index (χ3n) is 1.56. The van der Waals surface area contributed by atoms with Crippen molar-refractivity contribution in [2.75, 3.05) is 6.54 Å². The molecular weight excluding hydrogens is 176 g/mol. The molecule has 0 aromatic heterocycles. The molecule has 6 nitrogen and oxygen atoms in total. The van der Waals surface area contributed by atoms with Gasteiger partial charge in [0.25, 0.3) is 0 Å². The molecule has 76 valence electrons. The van der Waals surface area contributed by atoms with Gasteiger partial charge < -0.3 is 20.8 Å². The van der Waals surface area contributed by atoms with Crippen LogP contribution in [-0.4, -0.2) is 45.8 Å². The summed E-state index contributed by atoms with van der Waals surface area (Å²) in [6, 6.07) is -0.971. The lowest BCUT2D eigenvalue weighted by atomic mass is 10.2. The van der Waals surface area contributed by atoms with Crippen LogP contribution in [-0.2, 0) is 4.79 Å². The minimum absolute atomic E-state index is 0.230. The molecular formula is C7H14N2O4. The van der Waals surface area contributed by atoms with E-state index in [0.29, 0.717) is 0 Å². The van der Waals surface area contributed by atoms with Gasteiger partial charge in [0.15, 0.2) is 6.10 Å². The summed E-state index contributed by atoms with van der Waals surface area (Å²) in [6.45, 7) is 3.07. The fourth-order valence-electron chi connectivity index (χ4n) is 0.820. The molecule has 0 bridgehead atoms. The number of amides is 2. The van der Waals surface area contributed by atoms with Gasteiger partial charge in [0.05, 0.1) is 6.54 Å². The summed E-state index contributed by atoms with van der Waals surface area (Å²) >= 11 is 0. The number of carbonyl (C=O) groups excluding carboxylic acids is 1. The third kappa shape index (κ3) is 3.75. The molecule has 0 saturated heterocycles. The number of aliphatic carboxylic acids is 1. The van der Waals surface area contributed by atoms with Gasteiger partial charge in [-0.05, 0) is 13.8 Å². The molecule has 0 rings (SSSR count). The number of carboxylic acids is 1. The van der Waals surface area contributed by atoms with E-state index in [2.05, 4.69) is 0 Å². The monoisotopic (exact) mass is 190 g/mol. The molecule has 0 saturated carbocycles. The van der Waals surface area contributed by atoms with Crippen LogP contribution in [0.15, 0.2) is 0 Å². The highest BCUT2D eigenvalue weighted by atomic mass is 16.4. The van der Waals surface area contributed by atoms with Gasteiger partial charge in [0.1, 0.15) is 0 Å². The Morgan fingerprint density at radius 2 is 1.92 bits per heavy atom. The molecule has 0 aromatic rings. The third-order valence-corrected chi connectivity index (χ3v) is 1.56. The normalized spacial score (nSPS) is 12.6. The molecule has 0 heterocycles. The van der Waals surface area contributed by atoms with Crippen LogP contribution >= 0.6 is 0 Å². The number of hydrogen-bond acceptors (Lipinski definition) is 3. The van der Waals surface area contributed by atoms with Crippen molar-refractivity contribution >= 4 is 12.0 Å². The summed E-state index contributed by atoms with van der Waals surface area (Å²) in [7, 11) is 0. The molecule has 0 spiro atoms. The Morgan fingerprint density at radius 1 is 1.46 bits per heavy atom. The van der Waals surface area contributed by atoms with Gasteiger partial charge in [-0.3, -0.25) is 0 Å². The first-order valence-corrected chi connectivity index (χ1v) is 3.83. The highest BCUT2D eigenvalue weighted by molar-refractivity contribution is 5.75. The number of carbonyl (C=O) groups is 2. The fraction of sp³-hybridized carbons (Fsp3) is 0.714. The first kappa shape index (κ1) is 11.7. The zero-order valence-electron chi connectivity index (χ0n) is 7.60. The largest absolute Gasteiger partial charge is 0.479 e. The number of carboxylic acid groups (broad SMARTS) is 1. The number of aliphatic hydroxyl groups excluding tert-OH is 1. The van der Waals surface area contributed by atoms with Crippen molar-refractivity contribution in [1.82, 2.24) is 4.90 Å². The van der Waals surface area contributed by atoms with Crippen molar-refractivity contribution in [3.05, 3.63) is 0 Å². The van der Waals surface area contributed by atoms with Crippen LogP contribution in [0.4, 0.5) is 4.79 Å². The minimum Gasteiger partial charge on any atom is -0.479 e. The molecule has 0 fully saturated rings. The van der Waals surface area contributed by atoms with Crippen LogP contribution in [0, 0.1) is 0 Å². The van der Waals surface area contributed by atoms with E-state index in [1.807, 2.05) is 0 Å². The zero-order valence-corrected chi connectivity index (χ0v) is 7.60. The Bertz CT molecular complexity index is 205. The van der Waals surface area contributed by atoms with Crippen LogP contribution in [0.2, 0.25) is 0 Å². The lowest BCUT2D eigenvalue weighted by molar-refractivity contribution is -0.147. The minimum atomic E-state index is -1.59. The molecule has 0 aromatic carbocycles. The molecule has 0 aliphatic carbocycles. The Kier molecular flexibility index (Phi) is 4.19. The van der Waals surface area contributed by atoms with E-state index in [9.17, 15) is 9.59 Å². The maximum absolute atomic E-state index is 10.7. The summed E-state index contributed by atoms with van der Waals surface area (Å²) in [6.07, 6.45) is -1.59. The average Bonchev–Trinajstić information content (AvgIpc) is 1.97. The second kappa shape index (κ2) is 4.66. The predicted molar refractivity (Wildman–Crippen MR) is 45.1 cm³/mol. The first-order valence-electron chi connectivity index (χ1n) is 3.83. The molecule has 1 unspecified atom stereocenters. The lowest BCUT2D eigenvalue weighted by Crippen LogP contribution is -2.46. The topological polar surface area (TPSA) is 104 Å². The highest BCUT2D eigenvalue weighted by Gasteiger charge is 2.22. The number of nitrogens with two attached hydrogens (primary N) is 1. The standard InChI is InChI=1S/C7H14N2O4/c1-4(2)9(7(8)13)3-5(10)6(11)12/h4-5,10H,3H2,1-2H3,(H2,8,13)(H,11,12). The maximum atomic E-state index is 10.7. The van der Waals surface area contributed by atoms with Gasteiger partial charge in [0.2, 0.25) is 0 Å². The summed E-state index contributed by atoms with van der Waals surface area (Å²) in [5.41, 5.74) is 4.97. The summed E-state index contributed by atoms with van der Waals surface area (Å²) < 4.78 is 0. The van der Waals surface area contributed by atoms with Gasteiger partial charge in [-0.2, -0.15) is 0 Å². The van der Waals surface area contributed by atoms with Crippen LogP contribution < -0.4 is 5.73 Å². The maximum Gasteiger partial charge on any atom is 0.334 e. The van der Waals surface area contributed by atoms with Gasteiger partial charge in [-0.25, -0.2) is 9.59 Å². The number of urea groups is 1. The van der Waals surface area contributed by atoms with Crippen LogP contribution in [0.1, 0.15) is 13.8 Å². The molecule has 0 radical (unpaired) electrons. The van der Waals surface area contributed by atoms with Crippen molar-refractivity contribution < 1.29 is 19.8 Å². The van der Waals surface area contributed by atoms with Crippen LogP contribution in [0.5, 0.6) is 0 Å². The summed E-state index contributed by atoms with van der Waals surface area (Å²) in [5.74, 6) is -1.37. The van der Waals surface area contributed by atoms with Gasteiger partial charge in [-0.1, -0.05) is 0 Å². The number of hydrogen-bond donors (Lipinski definition) is 3. The Labute approximate surface area is 75.9 Å². The smallest absolute Gasteiger partial charge is 0.334 e. The second-order valence-corrected chi connectivity index (χ2v) is 2.94. The van der Waals surface area contributed by atoms with E-state index in [0.717, 1.165) is 4.90 Å². The Balaban J connectivity index is 4.27. The van der Waals surface area contributed by atoms with E-state index in [1.54, 1.807) is 13.8 Å². The quantitative estimate of drug-likeness (QED) is 0.541. The molecule has 13 heavy (non-hydrogen) atoms. The molecule has 0 aliphatic heterocycles. The first-order chi connectivity index (χ1) is 5.86. The van der Waals surface area contributed by atoms with E-state index in [-0.39, 0.29) is 12.6 Å². The number of nitrogens with zero attached hydrogens (tertiary/aromatic N) is 1. The molecule has 0 aliphatic rings. The summed E-state index contributed by atoms with van der Waals surface area (Å²) in [5, 5.41) is 17.3. The van der Waals surface area contributed by atoms with E-state index in [4.69, 9.17) is 15.9 Å². The molecule has 6 heteroatoms. The van der Waals surface area contributed by atoms with Crippen LogP contribution in [0.25, 0.3) is 0 Å². The van der Waals surface area contributed by atoms with Crippen molar-refractivity contribution in [3.8, 4) is 0 Å². The van der Waals surface area contributed by atoms with Gasteiger partial charge in [0, 0.05) is 6.04 Å². The highest BCUT2D eigenvalue weighted by Crippen LogP contribution is 1.99. The second-order valence-electron chi connectivity index (χ2n) is 2.94. The Morgan fingerprint density at radius 3 is 2.15 bits per heavy atom. The van der Waals surface area contributed by atoms with E-state index >= 15 is 0 Å². The van der Waals surface area contributed by atoms with Crippen LogP contribution in [0.3, 0.4) is 0 Å². The fourth-order valence-corrected chi connectivity index (χ4v) is 0.820. The van der Waals surface area contributed by atoms with Gasteiger partial charge >= 0.3 is 12.0 Å².